The summed E-state index contributed by atoms with van der Waals surface area (Å²) in [5.74, 6) is 0. The molecule has 0 saturated carbocycles. The van der Waals surface area contributed by atoms with E-state index in [4.69, 9.17) is 0 Å². The van der Waals surface area contributed by atoms with Crippen LogP contribution in [0, 0.1) is 0 Å². The van der Waals surface area contributed by atoms with Gasteiger partial charge in [0.05, 0.1) is 16.1 Å². The van der Waals surface area contributed by atoms with Crippen LogP contribution in [-0.2, 0) is 0 Å². The van der Waals surface area contributed by atoms with Crippen LogP contribution in [0.15, 0.2) is 0 Å². The molecule has 0 radical (unpaired) electrons. The first-order valence-corrected chi connectivity index (χ1v) is 1.72. The van der Waals surface area contributed by atoms with E-state index in [9.17, 15) is 4.79 Å². The molecule has 0 aromatic carbocycles. The second kappa shape index (κ2) is 5.35. The summed E-state index contributed by atoms with van der Waals surface area (Å²) in [5, 5.41) is 0. The van der Waals surface area contributed by atoms with Crippen LogP contribution in [0.3, 0.4) is 0 Å². The summed E-state index contributed by atoms with van der Waals surface area (Å²) in [4.78, 5) is 9.43. The first kappa shape index (κ1) is 9.60. The monoisotopic (exact) mass is 146 g/mol. The number of amides is 2. The molecule has 0 unspecified atom stereocenters. The van der Waals surface area contributed by atoms with Crippen molar-refractivity contribution in [3.63, 3.8) is 0 Å². The Labute approximate surface area is 56.2 Å². The summed E-state index contributed by atoms with van der Waals surface area (Å²) >= 11 is 2.59. The summed E-state index contributed by atoms with van der Waals surface area (Å²) in [5.41, 5.74) is 4.49. The van der Waals surface area contributed by atoms with E-state index < -0.39 is 6.03 Å². The second-order valence-electron chi connectivity index (χ2n) is 0.459. The number of halogens is 1. The molecule has 0 atom stereocenters. The van der Waals surface area contributed by atoms with Crippen molar-refractivity contribution in [1.29, 1.82) is 0 Å². The zero-order valence-corrected chi connectivity index (χ0v) is 3.95. The molecule has 0 aromatic rings. The van der Waals surface area contributed by atoms with E-state index in [0.29, 0.717) is 0 Å². The van der Waals surface area contributed by atoms with Gasteiger partial charge in [0.15, 0.2) is 0 Å². The third kappa shape index (κ3) is 8.84. The number of nitrogens with two attached hydrogens (primary N) is 1. The van der Waals surface area contributed by atoms with E-state index in [0.717, 1.165) is 0 Å². The van der Waals surface area contributed by atoms with Crippen LogP contribution >= 0.6 is 16.1 Å². The Bertz CT molecular complexity index is 48.8. The van der Waals surface area contributed by atoms with Crippen molar-refractivity contribution < 1.29 is 4.79 Å². The summed E-state index contributed by atoms with van der Waals surface area (Å²) < 4.78 is 1.98. The number of carbonyl (C=O) groups is 1. The molecule has 0 aliphatic rings. The van der Waals surface area contributed by atoms with Gasteiger partial charge >= 0.3 is 24.9 Å². The molecule has 0 aliphatic heterocycles. The number of hydrogen-bond acceptors (Lipinski definition) is 1. The number of hydrogen-bond donors (Lipinski definition) is 2. The van der Waals surface area contributed by atoms with Crippen LogP contribution in [0.1, 0.15) is 0 Å². The molecule has 0 fully saturated rings. The van der Waals surface area contributed by atoms with Crippen LogP contribution in [0.2, 0.25) is 0 Å². The van der Waals surface area contributed by atoms with Gasteiger partial charge in [-0.3, -0.25) is 4.34 Å². The van der Waals surface area contributed by atoms with Crippen LogP contribution in [-0.4, -0.2) is 24.9 Å². The molecule has 0 aromatic heterocycles. The van der Waals surface area contributed by atoms with Gasteiger partial charge in [0.1, 0.15) is 0 Å². The fourth-order valence-corrected chi connectivity index (χ4v) is 0. The predicted molar refractivity (Wildman–Crippen MR) is 28.8 cm³/mol. The van der Waals surface area contributed by atoms with Crippen molar-refractivity contribution in [1.82, 2.24) is 4.34 Å². The number of urea groups is 1. The fourth-order valence-electron chi connectivity index (χ4n) is 0. The first-order chi connectivity index (χ1) is 2.27. The molecule has 6 heavy (non-hydrogen) atoms. The Kier molecular flexibility index (Phi) is 8.56. The molecule has 0 rings (SSSR count). The number of primary amides is 1. The van der Waals surface area contributed by atoms with Gasteiger partial charge in [0.25, 0.3) is 0 Å². The third-order valence-electron chi connectivity index (χ3n) is 0.0931. The van der Waals surface area contributed by atoms with Crippen LogP contribution in [0.5, 0.6) is 0 Å². The van der Waals surface area contributed by atoms with E-state index in [-0.39, 0.29) is 18.9 Å². The van der Waals surface area contributed by atoms with Gasteiger partial charge in [-0.25, -0.2) is 4.79 Å². The Morgan fingerprint density at radius 1 is 1.83 bits per heavy atom. The number of carbonyl (C=O) groups excluding carboxylic acids is 1. The molecule has 3 nitrogen and oxygen atoms in total. The summed E-state index contributed by atoms with van der Waals surface area (Å²) in [6, 6.07) is -0.579. The van der Waals surface area contributed by atoms with Crippen LogP contribution in [0.4, 0.5) is 4.79 Å². The van der Waals surface area contributed by atoms with E-state index in [1.165, 1.54) is 0 Å². The molecule has 0 saturated heterocycles. The molecule has 0 bridgehead atoms. The fraction of sp³-hybridized carbons (Fsp3) is 0. The standard InChI is InChI=1S/CH3BrN2O.Li.H/c2-4-1(3)5;;/h(H3,3,4,5);;. The van der Waals surface area contributed by atoms with E-state index in [2.05, 4.69) is 21.9 Å². The van der Waals surface area contributed by atoms with Crippen molar-refractivity contribution >= 4 is 41.0 Å². The Morgan fingerprint density at radius 3 is 2.00 bits per heavy atom. The molecule has 3 N–H and O–H groups in total. The zero-order chi connectivity index (χ0) is 4.28. The molecule has 0 spiro atoms. The molecule has 0 heterocycles. The summed E-state index contributed by atoms with van der Waals surface area (Å²) in [7, 11) is 0. The quantitative estimate of drug-likeness (QED) is 0.346. The van der Waals surface area contributed by atoms with Gasteiger partial charge in [-0.15, -0.1) is 0 Å². The Hall–Kier alpha value is 0.347. The van der Waals surface area contributed by atoms with E-state index in [1.54, 1.807) is 0 Å². The average Bonchev–Trinajstić information content (AvgIpc) is 1.38. The molecular weight excluding hydrogens is 143 g/mol. The SMILES string of the molecule is NC(=O)NBr.[LiH]. The van der Waals surface area contributed by atoms with E-state index >= 15 is 0 Å². The van der Waals surface area contributed by atoms with Crippen LogP contribution < -0.4 is 10.1 Å². The van der Waals surface area contributed by atoms with Gasteiger partial charge in [0, 0.05) is 0 Å². The molecule has 5 heteroatoms. The maximum atomic E-state index is 9.43. The van der Waals surface area contributed by atoms with Crippen LogP contribution in [0.25, 0.3) is 0 Å². The van der Waals surface area contributed by atoms with Gasteiger partial charge < -0.3 is 5.73 Å². The van der Waals surface area contributed by atoms with Crippen molar-refractivity contribution in [2.24, 2.45) is 5.73 Å². The third-order valence-corrected chi connectivity index (χ3v) is 0.484. The first-order valence-electron chi connectivity index (χ1n) is 0.932. The maximum absolute atomic E-state index is 9.43. The van der Waals surface area contributed by atoms with Crippen molar-refractivity contribution in [3.8, 4) is 0 Å². The van der Waals surface area contributed by atoms with Crippen molar-refractivity contribution in [2.45, 2.75) is 0 Å². The van der Waals surface area contributed by atoms with Gasteiger partial charge in [-0.1, -0.05) is 0 Å². The molecule has 0 aliphatic carbocycles. The number of rotatable bonds is 0. The summed E-state index contributed by atoms with van der Waals surface area (Å²) in [6.45, 7) is 0. The second-order valence-corrected chi connectivity index (χ2v) is 0.855. The molecular formula is CH4BrLiN2O. The van der Waals surface area contributed by atoms with E-state index in [1.807, 2.05) is 4.34 Å². The van der Waals surface area contributed by atoms with Crippen molar-refractivity contribution in [3.05, 3.63) is 0 Å². The minimum atomic E-state index is -0.579. The normalized spacial score (nSPS) is 5.50. The minimum absolute atomic E-state index is 0. The predicted octanol–water partition coefficient (Wildman–Crippen LogP) is -0.684. The van der Waals surface area contributed by atoms with Crippen molar-refractivity contribution in [2.75, 3.05) is 0 Å². The Morgan fingerprint density at radius 2 is 2.00 bits per heavy atom. The summed E-state index contributed by atoms with van der Waals surface area (Å²) in [6.07, 6.45) is 0. The van der Waals surface area contributed by atoms with Gasteiger partial charge in [-0.2, -0.15) is 0 Å². The number of nitrogens with one attached hydrogen (secondary N) is 1. The molecule has 32 valence electrons. The average molecular weight is 147 g/mol. The van der Waals surface area contributed by atoms with Gasteiger partial charge in [-0.05, 0) is 0 Å². The van der Waals surface area contributed by atoms with Gasteiger partial charge in [0.2, 0.25) is 0 Å². The zero-order valence-electron chi connectivity index (χ0n) is 2.36. The molecule has 2 amide bonds. The topological polar surface area (TPSA) is 55.1 Å². The Balaban J connectivity index is 0.